The quantitative estimate of drug-likeness (QED) is 0.589. The van der Waals surface area contributed by atoms with Crippen LogP contribution in [0.15, 0.2) is 57.8 Å². The van der Waals surface area contributed by atoms with Gasteiger partial charge >= 0.3 is 0 Å². The first-order chi connectivity index (χ1) is 13.3. The average Bonchev–Trinajstić information content (AvgIpc) is 3.10. The zero-order chi connectivity index (χ0) is 20.1. The van der Waals surface area contributed by atoms with E-state index in [-0.39, 0.29) is 23.9 Å². The minimum absolute atomic E-state index is 0.192. The summed E-state index contributed by atoms with van der Waals surface area (Å²) < 4.78 is 8.41. The number of ether oxygens (including phenoxy) is 1. The molecule has 7 nitrogen and oxygen atoms in total. The van der Waals surface area contributed by atoms with Crippen LogP contribution in [0.2, 0.25) is 0 Å². The number of halogens is 1. The number of amides is 1. The van der Waals surface area contributed by atoms with Crippen molar-refractivity contribution in [1.82, 2.24) is 20.0 Å². The molecule has 0 fully saturated rings. The van der Waals surface area contributed by atoms with Gasteiger partial charge in [0.25, 0.3) is 5.91 Å². The Morgan fingerprint density at radius 1 is 1.29 bits per heavy atom. The minimum Gasteiger partial charge on any atom is -0.466 e. The molecule has 2 aromatic heterocycles. The van der Waals surface area contributed by atoms with Crippen LogP contribution in [0.3, 0.4) is 0 Å². The topological polar surface area (TPSA) is 81.4 Å². The summed E-state index contributed by atoms with van der Waals surface area (Å²) in [6.07, 6.45) is 4.48. The maximum atomic E-state index is 12.1. The highest BCUT2D eigenvalue weighted by molar-refractivity contribution is 9.10. The zero-order valence-electron chi connectivity index (χ0n) is 15.7. The molecule has 1 aromatic carbocycles. The Morgan fingerprint density at radius 2 is 2.04 bits per heavy atom. The van der Waals surface area contributed by atoms with Crippen LogP contribution in [-0.4, -0.2) is 27.0 Å². The summed E-state index contributed by atoms with van der Waals surface area (Å²) in [5.41, 5.74) is 4.44. The van der Waals surface area contributed by atoms with Gasteiger partial charge in [0.15, 0.2) is 6.61 Å². The van der Waals surface area contributed by atoms with E-state index < -0.39 is 0 Å². The van der Waals surface area contributed by atoms with Gasteiger partial charge in [-0.1, -0.05) is 28.1 Å². The van der Waals surface area contributed by atoms with Crippen molar-refractivity contribution in [3.8, 4) is 17.1 Å². The molecule has 3 aromatic rings. The molecule has 0 aliphatic rings. The van der Waals surface area contributed by atoms with Gasteiger partial charge in [-0.15, -0.1) is 16.4 Å². The lowest BCUT2D eigenvalue weighted by atomic mass is 10.1. The minimum atomic E-state index is -0.371. The normalized spacial score (nSPS) is 12.1. The Balaban J connectivity index is 1.81. The Labute approximate surface area is 175 Å². The van der Waals surface area contributed by atoms with Gasteiger partial charge < -0.3 is 9.30 Å². The molecular weight excluding hydrogens is 442 g/mol. The highest BCUT2D eigenvalue weighted by Crippen LogP contribution is 2.27. The first-order valence-electron chi connectivity index (χ1n) is 8.53. The van der Waals surface area contributed by atoms with Crippen LogP contribution in [0.4, 0.5) is 0 Å². The standard InChI is InChI=1S/C19H20BrN5O2S/c1-19(2,3)25-15(13-4-6-14(20)7-5-13)12-28-18(25)24-23-16(26)11-27-17-10-21-8-9-22-17/h4-10,12H,11H2,1-3H3,(H,23,26)/b24-18-. The molecule has 1 N–H and O–H groups in total. The lowest BCUT2D eigenvalue weighted by Crippen LogP contribution is -2.34. The largest absolute Gasteiger partial charge is 0.466 e. The fraction of sp³-hybridized carbons (Fsp3) is 0.263. The average molecular weight is 462 g/mol. The number of hydrogen-bond acceptors (Lipinski definition) is 6. The van der Waals surface area contributed by atoms with Crippen molar-refractivity contribution >= 4 is 33.2 Å². The van der Waals surface area contributed by atoms with Crippen molar-refractivity contribution in [3.63, 3.8) is 0 Å². The van der Waals surface area contributed by atoms with Gasteiger partial charge in [0.2, 0.25) is 10.7 Å². The number of benzene rings is 1. The predicted molar refractivity (Wildman–Crippen MR) is 112 cm³/mol. The summed E-state index contributed by atoms with van der Waals surface area (Å²) in [6.45, 7) is 6.10. The van der Waals surface area contributed by atoms with Crippen LogP contribution in [0, 0.1) is 0 Å². The number of nitrogens with one attached hydrogen (secondary N) is 1. The Morgan fingerprint density at radius 3 is 2.68 bits per heavy atom. The van der Waals surface area contributed by atoms with E-state index in [9.17, 15) is 4.79 Å². The summed E-state index contributed by atoms with van der Waals surface area (Å²) in [4.78, 5) is 20.6. The van der Waals surface area contributed by atoms with Gasteiger partial charge in [-0.25, -0.2) is 10.4 Å². The molecule has 0 saturated carbocycles. The summed E-state index contributed by atoms with van der Waals surface area (Å²) in [5.74, 6) is -0.0826. The van der Waals surface area contributed by atoms with Crippen molar-refractivity contribution in [2.75, 3.05) is 6.61 Å². The van der Waals surface area contributed by atoms with Crippen LogP contribution in [0.1, 0.15) is 20.8 Å². The van der Waals surface area contributed by atoms with Gasteiger partial charge in [0, 0.05) is 27.8 Å². The molecule has 146 valence electrons. The van der Waals surface area contributed by atoms with Crippen molar-refractivity contribution in [1.29, 1.82) is 0 Å². The molecule has 0 radical (unpaired) electrons. The van der Waals surface area contributed by atoms with E-state index in [4.69, 9.17) is 4.74 Å². The number of carbonyl (C=O) groups is 1. The third kappa shape index (κ3) is 5.05. The van der Waals surface area contributed by atoms with E-state index in [1.807, 2.05) is 29.6 Å². The first kappa shape index (κ1) is 20.2. The highest BCUT2D eigenvalue weighted by Gasteiger charge is 2.20. The predicted octanol–water partition coefficient (Wildman–Crippen LogP) is 3.54. The van der Waals surface area contributed by atoms with Gasteiger partial charge in [0.05, 0.1) is 11.9 Å². The van der Waals surface area contributed by atoms with Gasteiger partial charge in [-0.2, -0.15) is 0 Å². The second-order valence-corrected chi connectivity index (χ2v) is 8.65. The lowest BCUT2D eigenvalue weighted by molar-refractivity contribution is -0.123. The van der Waals surface area contributed by atoms with Crippen molar-refractivity contribution in [3.05, 3.63) is 57.5 Å². The van der Waals surface area contributed by atoms with E-state index in [1.165, 1.54) is 29.9 Å². The lowest BCUT2D eigenvalue weighted by Gasteiger charge is -2.24. The number of hydrogen-bond donors (Lipinski definition) is 1. The fourth-order valence-electron chi connectivity index (χ4n) is 2.50. The van der Waals surface area contributed by atoms with Gasteiger partial charge in [-0.05, 0) is 38.5 Å². The van der Waals surface area contributed by atoms with Crippen LogP contribution in [-0.2, 0) is 10.3 Å². The molecule has 0 saturated heterocycles. The molecule has 0 unspecified atom stereocenters. The van der Waals surface area contributed by atoms with Crippen molar-refractivity contribution in [2.45, 2.75) is 26.3 Å². The maximum absolute atomic E-state index is 12.1. The number of thiazole rings is 1. The second kappa shape index (κ2) is 8.66. The summed E-state index contributed by atoms with van der Waals surface area (Å²) in [5, 5.41) is 6.34. The van der Waals surface area contributed by atoms with E-state index in [2.05, 4.69) is 61.8 Å². The molecule has 0 spiro atoms. The molecule has 0 aliphatic heterocycles. The molecule has 0 atom stereocenters. The smallest absolute Gasteiger partial charge is 0.278 e. The highest BCUT2D eigenvalue weighted by atomic mass is 79.9. The van der Waals surface area contributed by atoms with Gasteiger partial charge in [-0.3, -0.25) is 9.78 Å². The fourth-order valence-corrected chi connectivity index (χ4v) is 3.80. The van der Waals surface area contributed by atoms with Crippen LogP contribution in [0.25, 0.3) is 11.3 Å². The number of aromatic nitrogens is 3. The molecule has 2 heterocycles. The molecule has 3 rings (SSSR count). The van der Waals surface area contributed by atoms with E-state index in [0.717, 1.165) is 15.7 Å². The molecule has 0 aliphatic carbocycles. The number of nitrogens with zero attached hydrogens (tertiary/aromatic N) is 4. The van der Waals surface area contributed by atoms with Crippen LogP contribution >= 0.6 is 27.3 Å². The Kier molecular flexibility index (Phi) is 6.25. The van der Waals surface area contributed by atoms with E-state index in [0.29, 0.717) is 4.80 Å². The van der Waals surface area contributed by atoms with Gasteiger partial charge in [0.1, 0.15) is 0 Å². The molecular formula is C19H20BrN5O2S. The van der Waals surface area contributed by atoms with Crippen LogP contribution < -0.4 is 15.0 Å². The zero-order valence-corrected chi connectivity index (χ0v) is 18.1. The van der Waals surface area contributed by atoms with E-state index in [1.54, 1.807) is 0 Å². The summed E-state index contributed by atoms with van der Waals surface area (Å²) >= 11 is 4.93. The summed E-state index contributed by atoms with van der Waals surface area (Å²) in [7, 11) is 0. The SMILES string of the molecule is CC(C)(C)n1c(-c2ccc(Br)cc2)cs/c1=N\NC(=O)COc1cnccn1. The third-order valence-electron chi connectivity index (χ3n) is 3.69. The summed E-state index contributed by atoms with van der Waals surface area (Å²) in [6, 6.07) is 8.10. The van der Waals surface area contributed by atoms with E-state index >= 15 is 0 Å². The first-order valence-corrected chi connectivity index (χ1v) is 10.2. The molecule has 9 heteroatoms. The maximum Gasteiger partial charge on any atom is 0.278 e. The van der Waals surface area contributed by atoms with Crippen molar-refractivity contribution < 1.29 is 9.53 Å². The number of carbonyl (C=O) groups excluding carboxylic acids is 1. The molecule has 1 amide bonds. The van der Waals surface area contributed by atoms with Crippen LogP contribution in [0.5, 0.6) is 5.88 Å². The molecule has 0 bridgehead atoms. The van der Waals surface area contributed by atoms with Crippen molar-refractivity contribution in [2.24, 2.45) is 5.10 Å². The Hall–Kier alpha value is -2.52. The third-order valence-corrected chi connectivity index (χ3v) is 5.04. The molecule has 28 heavy (non-hydrogen) atoms. The second-order valence-electron chi connectivity index (χ2n) is 6.90. The monoisotopic (exact) mass is 461 g/mol. The Bertz CT molecular complexity index is 1010. The number of rotatable bonds is 5.